The number of aromatic amines is 1. The highest BCUT2D eigenvalue weighted by Crippen LogP contribution is 2.33. The van der Waals surface area contributed by atoms with E-state index in [1.54, 1.807) is 24.3 Å². The number of nitrogens with one attached hydrogen (secondary N) is 1. The molecular formula is C15H16N2O3S. The minimum Gasteiger partial charge on any atom is -0.480 e. The molecule has 1 atom stereocenters. The van der Waals surface area contributed by atoms with Crippen LogP contribution < -0.4 is 5.56 Å². The fourth-order valence-corrected chi connectivity index (χ4v) is 2.87. The van der Waals surface area contributed by atoms with Gasteiger partial charge in [-0.15, -0.1) is 0 Å². The van der Waals surface area contributed by atoms with Gasteiger partial charge in [0.15, 0.2) is 5.16 Å². The van der Waals surface area contributed by atoms with Crippen LogP contribution in [0.5, 0.6) is 0 Å². The summed E-state index contributed by atoms with van der Waals surface area (Å²) in [4.78, 5) is 30.0. The quantitative estimate of drug-likeness (QED) is 0.633. The molecule has 6 heteroatoms. The summed E-state index contributed by atoms with van der Waals surface area (Å²) >= 11 is 1.04. The van der Waals surface area contributed by atoms with E-state index in [4.69, 9.17) is 0 Å². The normalized spacial score (nSPS) is 12.0. The third kappa shape index (κ3) is 4.19. The molecule has 0 aliphatic carbocycles. The van der Waals surface area contributed by atoms with Gasteiger partial charge in [0, 0.05) is 11.8 Å². The van der Waals surface area contributed by atoms with Crippen LogP contribution in [0.4, 0.5) is 0 Å². The van der Waals surface area contributed by atoms with Crippen LogP contribution in [0.1, 0.15) is 29.9 Å². The van der Waals surface area contributed by atoms with Gasteiger partial charge in [0.2, 0.25) is 0 Å². The zero-order valence-electron chi connectivity index (χ0n) is 11.6. The van der Waals surface area contributed by atoms with Crippen LogP contribution in [0.2, 0.25) is 0 Å². The number of nitrogens with zero attached hydrogens (tertiary/aromatic N) is 1. The van der Waals surface area contributed by atoms with Gasteiger partial charge in [-0.25, -0.2) is 4.98 Å². The molecule has 0 fully saturated rings. The van der Waals surface area contributed by atoms with E-state index in [1.807, 2.05) is 13.0 Å². The Morgan fingerprint density at radius 3 is 2.71 bits per heavy atom. The topological polar surface area (TPSA) is 83.0 Å². The summed E-state index contributed by atoms with van der Waals surface area (Å²) in [5.41, 5.74) is 1.09. The molecule has 2 N–H and O–H groups in total. The molecule has 110 valence electrons. The van der Waals surface area contributed by atoms with Crippen LogP contribution in [0.25, 0.3) is 0 Å². The highest BCUT2D eigenvalue weighted by molar-refractivity contribution is 8.00. The lowest BCUT2D eigenvalue weighted by molar-refractivity contribution is -0.136. The van der Waals surface area contributed by atoms with Crippen LogP contribution in [-0.4, -0.2) is 21.0 Å². The van der Waals surface area contributed by atoms with E-state index in [-0.39, 0.29) is 5.56 Å². The molecule has 5 nitrogen and oxygen atoms in total. The number of benzene rings is 1. The molecule has 0 aliphatic rings. The van der Waals surface area contributed by atoms with Crippen LogP contribution in [0.3, 0.4) is 0 Å². The lowest BCUT2D eigenvalue weighted by Gasteiger charge is -2.12. The molecule has 2 aromatic rings. The Balaban J connectivity index is 2.29. The molecule has 1 aromatic heterocycles. The number of H-pyrrole nitrogens is 1. The first kappa shape index (κ1) is 15.3. The molecule has 1 unspecified atom stereocenters. The number of aromatic nitrogens is 2. The second-order valence-corrected chi connectivity index (χ2v) is 5.63. The van der Waals surface area contributed by atoms with E-state index < -0.39 is 11.2 Å². The number of thioether (sulfide) groups is 1. The number of carbonyl (C=O) groups is 1. The molecule has 0 saturated carbocycles. The number of hydrogen-bond acceptors (Lipinski definition) is 4. The third-order valence-corrected chi connectivity index (χ3v) is 3.96. The molecule has 1 heterocycles. The van der Waals surface area contributed by atoms with Crippen molar-refractivity contribution in [2.24, 2.45) is 0 Å². The van der Waals surface area contributed by atoms with E-state index in [0.717, 1.165) is 18.2 Å². The van der Waals surface area contributed by atoms with Gasteiger partial charge >= 0.3 is 5.97 Å². The van der Waals surface area contributed by atoms with E-state index in [0.29, 0.717) is 22.8 Å². The molecule has 0 radical (unpaired) electrons. The summed E-state index contributed by atoms with van der Waals surface area (Å²) in [6.45, 7) is 2.00. The van der Waals surface area contributed by atoms with Gasteiger partial charge < -0.3 is 10.1 Å². The van der Waals surface area contributed by atoms with Crippen LogP contribution >= 0.6 is 11.8 Å². The number of aryl methyl sites for hydroxylation is 1. The van der Waals surface area contributed by atoms with E-state index in [9.17, 15) is 14.7 Å². The van der Waals surface area contributed by atoms with Crippen molar-refractivity contribution in [3.05, 3.63) is 58.0 Å². The number of aliphatic carboxylic acids is 1. The van der Waals surface area contributed by atoms with Crippen LogP contribution in [0.15, 0.2) is 46.3 Å². The summed E-state index contributed by atoms with van der Waals surface area (Å²) in [6, 6.07) is 10.4. The molecule has 0 saturated heterocycles. The first-order valence-electron chi connectivity index (χ1n) is 6.64. The summed E-state index contributed by atoms with van der Waals surface area (Å²) < 4.78 is 0. The number of carboxylic acid groups (broad SMARTS) is 1. The van der Waals surface area contributed by atoms with Crippen molar-refractivity contribution in [2.75, 3.05) is 0 Å². The second kappa shape index (κ2) is 7.08. The van der Waals surface area contributed by atoms with Crippen LogP contribution in [0, 0.1) is 0 Å². The predicted molar refractivity (Wildman–Crippen MR) is 81.5 cm³/mol. The van der Waals surface area contributed by atoms with E-state index >= 15 is 0 Å². The molecule has 0 amide bonds. The number of hydrogen-bond donors (Lipinski definition) is 2. The molecule has 0 bridgehead atoms. The van der Waals surface area contributed by atoms with Crippen molar-refractivity contribution in [3.8, 4) is 0 Å². The number of carboxylic acids is 1. The van der Waals surface area contributed by atoms with Crippen LogP contribution in [-0.2, 0) is 11.2 Å². The van der Waals surface area contributed by atoms with Gasteiger partial charge in [-0.1, -0.05) is 55.4 Å². The molecule has 0 aliphatic heterocycles. The number of rotatable bonds is 6. The average Bonchev–Trinajstić information content (AvgIpc) is 2.45. The fraction of sp³-hybridized carbons (Fsp3) is 0.267. The fourth-order valence-electron chi connectivity index (χ4n) is 1.92. The van der Waals surface area contributed by atoms with Gasteiger partial charge in [0.05, 0.1) is 0 Å². The zero-order chi connectivity index (χ0) is 15.2. The van der Waals surface area contributed by atoms with E-state index in [1.165, 1.54) is 6.07 Å². The minimum atomic E-state index is -0.963. The Hall–Kier alpha value is -2.08. The summed E-state index contributed by atoms with van der Waals surface area (Å²) in [7, 11) is 0. The molecule has 1 aromatic carbocycles. The Morgan fingerprint density at radius 1 is 1.38 bits per heavy atom. The van der Waals surface area contributed by atoms with Crippen molar-refractivity contribution in [1.29, 1.82) is 0 Å². The highest BCUT2D eigenvalue weighted by Gasteiger charge is 2.22. The Kier molecular flexibility index (Phi) is 5.16. The molecular weight excluding hydrogens is 288 g/mol. The highest BCUT2D eigenvalue weighted by atomic mass is 32.2. The molecule has 0 spiro atoms. The Labute approximate surface area is 126 Å². The zero-order valence-corrected chi connectivity index (χ0v) is 12.4. The molecule has 21 heavy (non-hydrogen) atoms. The maximum atomic E-state index is 11.6. The smallest absolute Gasteiger partial charge is 0.321 e. The first-order chi connectivity index (χ1) is 10.1. The average molecular weight is 304 g/mol. The standard InChI is InChI=1S/C15H16N2O3S/c1-2-6-11-9-12(18)17-15(16-11)21-13(14(19)20)10-7-4-3-5-8-10/h3-5,7-9,13H,2,6H2,1H3,(H,19,20)(H,16,17,18). The third-order valence-electron chi connectivity index (χ3n) is 2.84. The maximum Gasteiger partial charge on any atom is 0.321 e. The lowest BCUT2D eigenvalue weighted by Crippen LogP contribution is -2.13. The largest absolute Gasteiger partial charge is 0.480 e. The van der Waals surface area contributed by atoms with Crippen molar-refractivity contribution < 1.29 is 9.90 Å². The minimum absolute atomic E-state index is 0.256. The van der Waals surface area contributed by atoms with Gasteiger partial charge in [0.1, 0.15) is 5.25 Å². The summed E-state index contributed by atoms with van der Waals surface area (Å²) in [5, 5.41) is 8.92. The predicted octanol–water partition coefficient (Wildman–Crippen LogP) is 2.64. The van der Waals surface area contributed by atoms with Crippen molar-refractivity contribution >= 4 is 17.7 Å². The van der Waals surface area contributed by atoms with Gasteiger partial charge in [-0.3, -0.25) is 9.59 Å². The SMILES string of the molecule is CCCc1cc(=O)[nH]c(SC(C(=O)O)c2ccccc2)n1. The summed E-state index contributed by atoms with van der Waals surface area (Å²) in [5.74, 6) is -0.963. The second-order valence-electron chi connectivity index (χ2n) is 4.54. The van der Waals surface area contributed by atoms with Crippen molar-refractivity contribution in [2.45, 2.75) is 30.2 Å². The van der Waals surface area contributed by atoms with E-state index in [2.05, 4.69) is 9.97 Å². The summed E-state index contributed by atoms with van der Waals surface area (Å²) in [6.07, 6.45) is 1.57. The van der Waals surface area contributed by atoms with Crippen molar-refractivity contribution in [1.82, 2.24) is 9.97 Å². The lowest BCUT2D eigenvalue weighted by atomic mass is 10.1. The van der Waals surface area contributed by atoms with Gasteiger partial charge in [-0.05, 0) is 12.0 Å². The molecule has 2 rings (SSSR count). The first-order valence-corrected chi connectivity index (χ1v) is 7.52. The van der Waals surface area contributed by atoms with Gasteiger partial charge in [-0.2, -0.15) is 0 Å². The Bertz CT molecular complexity index is 670. The van der Waals surface area contributed by atoms with Gasteiger partial charge in [0.25, 0.3) is 5.56 Å². The van der Waals surface area contributed by atoms with Crippen molar-refractivity contribution in [3.63, 3.8) is 0 Å². The monoisotopic (exact) mass is 304 g/mol. The Morgan fingerprint density at radius 2 is 2.10 bits per heavy atom. The maximum absolute atomic E-state index is 11.6.